The molecule has 6 aromatic carbocycles. The first-order chi connectivity index (χ1) is 25.5. The van der Waals surface area contributed by atoms with Crippen LogP contribution in [0, 0.1) is 19.9 Å². The van der Waals surface area contributed by atoms with Crippen molar-refractivity contribution in [2.45, 2.75) is 13.8 Å². The van der Waals surface area contributed by atoms with Crippen LogP contribution >= 0.6 is 0 Å². The summed E-state index contributed by atoms with van der Waals surface area (Å²) in [6.07, 6.45) is 0. The maximum absolute atomic E-state index is 11.4. The van der Waals surface area contributed by atoms with E-state index in [-0.39, 0.29) is 26.8 Å². The summed E-state index contributed by atoms with van der Waals surface area (Å²) in [5.74, 6) is 0.177. The van der Waals surface area contributed by atoms with Gasteiger partial charge in [0.15, 0.2) is 0 Å². The Morgan fingerprint density at radius 1 is 0.491 bits per heavy atom. The first kappa shape index (κ1) is 34.0. The van der Waals surface area contributed by atoms with Gasteiger partial charge in [-0.05, 0) is 72.0 Å². The third-order valence-electron chi connectivity index (χ3n) is 9.57. The number of fused-ring (bicyclic) bond motifs is 3. The Balaban J connectivity index is 0.00000400. The number of aromatic hydroxyl groups is 1. The van der Waals surface area contributed by atoms with Gasteiger partial charge in [0.25, 0.3) is 0 Å². The summed E-state index contributed by atoms with van der Waals surface area (Å²) in [4.78, 5) is 10.1. The van der Waals surface area contributed by atoms with Gasteiger partial charge in [-0.3, -0.25) is 9.97 Å². The first-order valence-corrected chi connectivity index (χ1v) is 17.4. The summed E-state index contributed by atoms with van der Waals surface area (Å²) in [6.45, 7) is 4.09. The van der Waals surface area contributed by atoms with Crippen LogP contribution < -0.4 is 0 Å². The number of rotatable bonds is 6. The molecule has 0 amide bonds. The molecule has 0 bridgehead atoms. The molecular formula is C48H33N2O2Pt-. The van der Waals surface area contributed by atoms with Crippen molar-refractivity contribution in [1.82, 2.24) is 9.97 Å². The molecule has 9 aromatic rings. The van der Waals surface area contributed by atoms with Crippen LogP contribution in [0.15, 0.2) is 162 Å². The fourth-order valence-electron chi connectivity index (χ4n) is 7.06. The van der Waals surface area contributed by atoms with Crippen LogP contribution in [0.4, 0.5) is 0 Å². The predicted molar refractivity (Wildman–Crippen MR) is 212 cm³/mol. The minimum Gasteiger partial charge on any atom is -0.507 e. The van der Waals surface area contributed by atoms with Gasteiger partial charge in [-0.15, -0.1) is 24.3 Å². The topological polar surface area (TPSA) is 59.2 Å². The van der Waals surface area contributed by atoms with Crippen LogP contribution in [-0.2, 0) is 21.1 Å². The largest absolute Gasteiger partial charge is 0.507 e. The fourth-order valence-corrected chi connectivity index (χ4v) is 7.06. The van der Waals surface area contributed by atoms with E-state index in [1.807, 2.05) is 91.9 Å². The molecule has 3 aromatic heterocycles. The van der Waals surface area contributed by atoms with Crippen molar-refractivity contribution in [3.63, 3.8) is 0 Å². The van der Waals surface area contributed by atoms with Crippen molar-refractivity contribution in [3.8, 4) is 72.9 Å². The van der Waals surface area contributed by atoms with Crippen LogP contribution in [0.2, 0.25) is 0 Å². The van der Waals surface area contributed by atoms with Crippen LogP contribution in [0.5, 0.6) is 5.75 Å². The van der Waals surface area contributed by atoms with Gasteiger partial charge < -0.3 is 9.52 Å². The third-order valence-corrected chi connectivity index (χ3v) is 9.57. The fraction of sp³-hybridized carbons (Fsp3) is 0.0417. The molecule has 0 atom stereocenters. The molecule has 0 saturated heterocycles. The SMILES string of the molecule is Cc1cccc(-c2ccc(-c3cc(-c4ccccc4)cc(-c4[c-]c(-c5cc(-c6cccc7c6oc6ccccc67)cc(C)n5)ccc4)n3)c(O)c2)c1.[Pt]. The van der Waals surface area contributed by atoms with E-state index in [1.165, 1.54) is 5.56 Å². The molecule has 3 heterocycles. The molecule has 0 unspecified atom stereocenters. The third kappa shape index (κ3) is 6.59. The predicted octanol–water partition coefficient (Wildman–Crippen LogP) is 12.5. The van der Waals surface area contributed by atoms with Crippen LogP contribution in [-0.4, -0.2) is 15.1 Å². The summed E-state index contributed by atoms with van der Waals surface area (Å²) < 4.78 is 6.38. The van der Waals surface area contributed by atoms with Gasteiger partial charge in [-0.25, -0.2) is 0 Å². The smallest absolute Gasteiger partial charge is 0.143 e. The molecule has 0 saturated carbocycles. The zero-order chi connectivity index (χ0) is 35.2. The molecule has 5 heteroatoms. The summed E-state index contributed by atoms with van der Waals surface area (Å²) in [7, 11) is 0. The van der Waals surface area contributed by atoms with Crippen LogP contribution in [0.25, 0.3) is 89.1 Å². The monoisotopic (exact) mass is 864 g/mol. The number of phenolic OH excluding ortho intramolecular Hbond substituents is 1. The van der Waals surface area contributed by atoms with Crippen molar-refractivity contribution < 1.29 is 30.6 Å². The second-order valence-electron chi connectivity index (χ2n) is 13.2. The molecule has 258 valence electrons. The van der Waals surface area contributed by atoms with Crippen molar-refractivity contribution in [3.05, 3.63) is 175 Å². The van der Waals surface area contributed by atoms with E-state index in [2.05, 4.69) is 85.8 Å². The standard InChI is InChI=1S/C48H33N2O2.Pt/c1-30-11-8-14-33(23-30)34-21-22-42(46(51)29-34)45-27-37(32-12-4-3-5-13-32)26-44(50-45)36-16-9-15-35(25-36)43-28-38(24-31(2)49-43)39-18-10-19-41-40-17-6-7-20-47(40)52-48(39)41;/h3-24,26-29,51H,1-2H3;/q-1;. The van der Waals surface area contributed by atoms with Gasteiger partial charge in [0.2, 0.25) is 0 Å². The van der Waals surface area contributed by atoms with Gasteiger partial charge in [-0.2, -0.15) is 0 Å². The molecule has 0 fully saturated rings. The second kappa shape index (κ2) is 14.1. The normalized spacial score (nSPS) is 11.1. The molecule has 1 N–H and O–H groups in total. The van der Waals surface area contributed by atoms with E-state index in [9.17, 15) is 5.11 Å². The Kier molecular flexibility index (Phi) is 9.08. The Bertz CT molecular complexity index is 2790. The Morgan fingerprint density at radius 2 is 1.15 bits per heavy atom. The number of furan rings is 1. The van der Waals surface area contributed by atoms with E-state index in [0.717, 1.165) is 83.5 Å². The Morgan fingerprint density at radius 3 is 1.96 bits per heavy atom. The number of phenols is 1. The van der Waals surface area contributed by atoms with E-state index in [0.29, 0.717) is 11.3 Å². The molecule has 9 rings (SSSR count). The van der Waals surface area contributed by atoms with Crippen molar-refractivity contribution in [2.75, 3.05) is 0 Å². The number of hydrogen-bond acceptors (Lipinski definition) is 4. The number of pyridine rings is 2. The van der Waals surface area contributed by atoms with Gasteiger partial charge in [0.1, 0.15) is 16.9 Å². The Hall–Kier alpha value is -6.09. The van der Waals surface area contributed by atoms with Gasteiger partial charge >= 0.3 is 0 Å². The van der Waals surface area contributed by atoms with E-state index < -0.39 is 0 Å². The number of aromatic nitrogens is 2. The average molecular weight is 865 g/mol. The summed E-state index contributed by atoms with van der Waals surface area (Å²) in [6, 6.07) is 56.9. The molecule has 53 heavy (non-hydrogen) atoms. The number of para-hydroxylation sites is 2. The van der Waals surface area contributed by atoms with Crippen molar-refractivity contribution in [2.24, 2.45) is 0 Å². The zero-order valence-corrected chi connectivity index (χ0v) is 31.3. The molecule has 0 spiro atoms. The minimum absolute atomic E-state index is 0. The molecule has 0 aliphatic carbocycles. The van der Waals surface area contributed by atoms with E-state index in [1.54, 1.807) is 0 Å². The summed E-state index contributed by atoms with van der Waals surface area (Å²) in [5.41, 5.74) is 14.5. The Labute approximate surface area is 322 Å². The second-order valence-corrected chi connectivity index (χ2v) is 13.2. The molecule has 0 aliphatic rings. The molecule has 0 aliphatic heterocycles. The van der Waals surface area contributed by atoms with Gasteiger partial charge in [0, 0.05) is 60.0 Å². The maximum Gasteiger partial charge on any atom is 0.143 e. The first-order valence-electron chi connectivity index (χ1n) is 17.4. The summed E-state index contributed by atoms with van der Waals surface area (Å²) >= 11 is 0. The minimum atomic E-state index is 0. The number of aryl methyl sites for hydroxylation is 2. The van der Waals surface area contributed by atoms with Crippen LogP contribution in [0.1, 0.15) is 11.3 Å². The van der Waals surface area contributed by atoms with Gasteiger partial charge in [-0.1, -0.05) is 126 Å². The zero-order valence-electron chi connectivity index (χ0n) is 29.1. The maximum atomic E-state index is 11.4. The van der Waals surface area contributed by atoms with E-state index >= 15 is 0 Å². The van der Waals surface area contributed by atoms with E-state index in [4.69, 9.17) is 14.4 Å². The quantitative estimate of drug-likeness (QED) is 0.169. The molecule has 4 nitrogen and oxygen atoms in total. The number of hydrogen-bond donors (Lipinski definition) is 1. The number of benzene rings is 6. The average Bonchev–Trinajstić information content (AvgIpc) is 3.57. The molecular weight excluding hydrogens is 832 g/mol. The van der Waals surface area contributed by atoms with Gasteiger partial charge in [0.05, 0.1) is 5.69 Å². The van der Waals surface area contributed by atoms with Crippen LogP contribution in [0.3, 0.4) is 0 Å². The van der Waals surface area contributed by atoms with Crippen molar-refractivity contribution >= 4 is 21.9 Å². The molecule has 0 radical (unpaired) electrons. The summed E-state index contributed by atoms with van der Waals surface area (Å²) in [5, 5.41) is 13.6. The number of nitrogens with zero attached hydrogens (tertiary/aromatic N) is 2. The van der Waals surface area contributed by atoms with Crippen molar-refractivity contribution in [1.29, 1.82) is 0 Å².